The summed E-state index contributed by atoms with van der Waals surface area (Å²) in [7, 11) is 0. The van der Waals surface area contributed by atoms with Crippen molar-refractivity contribution in [2.45, 2.75) is 29.8 Å². The normalized spacial score (nSPS) is 17.3. The summed E-state index contributed by atoms with van der Waals surface area (Å²) in [4.78, 5) is 17.7. The number of hydrogen-bond donors (Lipinski definition) is 2. The number of ether oxygens (including phenoxy) is 1. The molecule has 2 heterocycles. The Labute approximate surface area is 195 Å². The quantitative estimate of drug-likeness (QED) is 0.368. The van der Waals surface area contributed by atoms with Gasteiger partial charge in [-0.1, -0.05) is 41.0 Å². The van der Waals surface area contributed by atoms with E-state index in [0.29, 0.717) is 15.7 Å². The van der Waals surface area contributed by atoms with Crippen LogP contribution in [-0.2, 0) is 11.3 Å². The molecular weight excluding hydrogens is 463 g/mol. The van der Waals surface area contributed by atoms with Gasteiger partial charge in [0.15, 0.2) is 4.34 Å². The predicted molar refractivity (Wildman–Crippen MR) is 125 cm³/mol. The molecule has 10 heteroatoms. The average molecular weight is 489 g/mol. The van der Waals surface area contributed by atoms with Crippen LogP contribution in [-0.4, -0.2) is 60.4 Å². The summed E-state index contributed by atoms with van der Waals surface area (Å²) in [6, 6.07) is 5.81. The molecule has 6 nitrogen and oxygen atoms in total. The molecule has 1 aromatic heterocycles. The van der Waals surface area contributed by atoms with E-state index in [1.165, 1.54) is 16.9 Å². The van der Waals surface area contributed by atoms with Gasteiger partial charge in [0.05, 0.1) is 22.8 Å². The van der Waals surface area contributed by atoms with Crippen LogP contribution >= 0.6 is 46.3 Å². The van der Waals surface area contributed by atoms with Gasteiger partial charge in [0.25, 0.3) is 5.91 Å². The Morgan fingerprint density at radius 3 is 3.00 bits per heavy atom. The summed E-state index contributed by atoms with van der Waals surface area (Å²) >= 11 is 15.3. The number of nitrogens with two attached hydrogens (primary N) is 1. The Morgan fingerprint density at radius 1 is 1.37 bits per heavy atom. The molecule has 1 aromatic carbocycles. The van der Waals surface area contributed by atoms with E-state index in [0.717, 1.165) is 62.3 Å². The highest BCUT2D eigenvalue weighted by atomic mass is 35.5. The van der Waals surface area contributed by atoms with Crippen LogP contribution in [0.5, 0.6) is 0 Å². The number of amides is 1. The van der Waals surface area contributed by atoms with Crippen molar-refractivity contribution in [3.63, 3.8) is 0 Å². The van der Waals surface area contributed by atoms with Gasteiger partial charge < -0.3 is 15.8 Å². The van der Waals surface area contributed by atoms with Crippen LogP contribution in [0.1, 0.15) is 28.9 Å². The Balaban J connectivity index is 1.27. The van der Waals surface area contributed by atoms with Gasteiger partial charge in [-0.05, 0) is 37.1 Å². The molecule has 0 radical (unpaired) electrons. The number of aromatic nitrogens is 1. The second-order valence-corrected chi connectivity index (χ2v) is 10.1. The van der Waals surface area contributed by atoms with Gasteiger partial charge in [0, 0.05) is 37.3 Å². The first-order valence-corrected chi connectivity index (χ1v) is 12.5. The summed E-state index contributed by atoms with van der Waals surface area (Å²) in [5.41, 5.74) is 6.74. The van der Waals surface area contributed by atoms with Gasteiger partial charge in [-0.3, -0.25) is 9.69 Å². The van der Waals surface area contributed by atoms with E-state index in [1.54, 1.807) is 17.1 Å². The van der Waals surface area contributed by atoms with Gasteiger partial charge in [-0.15, -0.1) is 11.3 Å². The van der Waals surface area contributed by atoms with Crippen LogP contribution in [0, 0.1) is 0 Å². The lowest BCUT2D eigenvalue weighted by Gasteiger charge is -2.33. The molecule has 0 bridgehead atoms. The van der Waals surface area contributed by atoms with E-state index >= 15 is 0 Å². The second-order valence-electron chi connectivity index (χ2n) is 7.10. The third-order valence-electron chi connectivity index (χ3n) is 4.69. The van der Waals surface area contributed by atoms with Crippen molar-refractivity contribution >= 4 is 52.2 Å². The molecule has 0 aliphatic carbocycles. The molecule has 0 spiro atoms. The minimum atomic E-state index is -0.470. The number of hydrogen-bond acceptors (Lipinski definition) is 7. The van der Waals surface area contributed by atoms with Crippen LogP contribution in [0.2, 0.25) is 10.0 Å². The molecule has 30 heavy (non-hydrogen) atoms. The molecule has 1 aliphatic rings. The lowest BCUT2D eigenvalue weighted by molar-refractivity contribution is -0.0298. The van der Waals surface area contributed by atoms with E-state index in [4.69, 9.17) is 33.7 Å². The molecule has 164 valence electrons. The maximum absolute atomic E-state index is 11.1. The van der Waals surface area contributed by atoms with Crippen molar-refractivity contribution in [3.8, 4) is 0 Å². The van der Waals surface area contributed by atoms with E-state index in [-0.39, 0.29) is 6.10 Å². The number of primary amides is 1. The second kappa shape index (κ2) is 12.2. The molecule has 1 atom stereocenters. The van der Waals surface area contributed by atoms with Gasteiger partial charge in [0.1, 0.15) is 5.69 Å². The van der Waals surface area contributed by atoms with Crippen molar-refractivity contribution < 1.29 is 9.53 Å². The number of unbranched alkanes of at least 4 members (excludes halogenated alkanes) is 1. The first-order chi connectivity index (χ1) is 14.5. The maximum Gasteiger partial charge on any atom is 0.268 e. The van der Waals surface area contributed by atoms with Gasteiger partial charge >= 0.3 is 0 Å². The van der Waals surface area contributed by atoms with Crippen LogP contribution in [0.3, 0.4) is 0 Å². The van der Waals surface area contributed by atoms with Gasteiger partial charge in [-0.2, -0.15) is 0 Å². The minimum Gasteiger partial charge on any atom is -0.374 e. The smallest absolute Gasteiger partial charge is 0.268 e. The molecule has 1 aliphatic heterocycles. The van der Waals surface area contributed by atoms with Gasteiger partial charge in [-0.25, -0.2) is 4.98 Å². The Kier molecular flexibility index (Phi) is 9.70. The van der Waals surface area contributed by atoms with Crippen LogP contribution in [0.25, 0.3) is 0 Å². The largest absolute Gasteiger partial charge is 0.374 e. The number of thiazole rings is 1. The Hall–Kier alpha value is -0.870. The average Bonchev–Trinajstić information content (AvgIpc) is 3.20. The number of nitrogens with one attached hydrogen (secondary N) is 1. The zero-order chi connectivity index (χ0) is 21.3. The lowest BCUT2D eigenvalue weighted by Crippen LogP contribution is -2.46. The van der Waals surface area contributed by atoms with E-state index in [2.05, 4.69) is 15.2 Å². The first-order valence-electron chi connectivity index (χ1n) is 9.88. The van der Waals surface area contributed by atoms with E-state index < -0.39 is 5.91 Å². The fourth-order valence-electron chi connectivity index (χ4n) is 3.16. The molecule has 1 fully saturated rings. The van der Waals surface area contributed by atoms with E-state index in [1.807, 2.05) is 18.2 Å². The highest BCUT2D eigenvalue weighted by molar-refractivity contribution is 8.01. The third-order valence-corrected chi connectivity index (χ3v) is 7.54. The molecule has 1 amide bonds. The molecule has 0 unspecified atom stereocenters. The number of carbonyl (C=O) groups is 1. The summed E-state index contributed by atoms with van der Waals surface area (Å²) in [5, 5.41) is 6.40. The number of carbonyl (C=O) groups excluding carboxylic acids is 1. The van der Waals surface area contributed by atoms with Crippen molar-refractivity contribution in [1.82, 2.24) is 15.2 Å². The highest BCUT2D eigenvalue weighted by Gasteiger charge is 2.20. The number of rotatable bonds is 11. The van der Waals surface area contributed by atoms with Crippen molar-refractivity contribution in [3.05, 3.63) is 44.9 Å². The summed E-state index contributed by atoms with van der Waals surface area (Å²) < 4.78 is 6.79. The van der Waals surface area contributed by atoms with Gasteiger partial charge in [0.2, 0.25) is 0 Å². The highest BCUT2D eigenvalue weighted by Crippen LogP contribution is 2.24. The first kappa shape index (κ1) is 23.8. The number of morpholine rings is 1. The molecule has 3 rings (SSSR count). The summed E-state index contributed by atoms with van der Waals surface area (Å²) in [6.45, 7) is 5.21. The van der Waals surface area contributed by atoms with Crippen LogP contribution in [0.15, 0.2) is 27.9 Å². The predicted octanol–water partition coefficient (Wildman–Crippen LogP) is 3.91. The van der Waals surface area contributed by atoms with Crippen molar-refractivity contribution in [2.24, 2.45) is 5.73 Å². The molecule has 2 aromatic rings. The monoisotopic (exact) mass is 488 g/mol. The molecular formula is C20H26Cl2N4O2S2. The fourth-order valence-corrected chi connectivity index (χ4v) is 5.36. The lowest BCUT2D eigenvalue weighted by atomic mass is 10.2. The molecule has 3 N–H and O–H groups in total. The van der Waals surface area contributed by atoms with Crippen molar-refractivity contribution in [1.29, 1.82) is 0 Å². The number of halogens is 2. The van der Waals surface area contributed by atoms with Crippen molar-refractivity contribution in [2.75, 3.05) is 38.5 Å². The van der Waals surface area contributed by atoms with E-state index in [9.17, 15) is 4.79 Å². The topological polar surface area (TPSA) is 80.5 Å². The molecule has 0 saturated carbocycles. The Morgan fingerprint density at radius 2 is 2.23 bits per heavy atom. The minimum absolute atomic E-state index is 0.193. The van der Waals surface area contributed by atoms with Crippen LogP contribution < -0.4 is 11.1 Å². The standard InChI is InChI=1S/C20H26Cl2N4O2S2/c21-16-4-3-14(9-17(16)22)11-26-6-7-28-15(12-26)10-24-5-1-2-8-29-20-25-18(13-30-20)19(23)27/h3-4,9,13,15,24H,1-2,5-8,10-12H2,(H2,23,27)/t15-/m0/s1. The Bertz CT molecular complexity index is 837. The van der Waals surface area contributed by atoms with Crippen LogP contribution in [0.4, 0.5) is 0 Å². The summed E-state index contributed by atoms with van der Waals surface area (Å²) in [6.07, 6.45) is 2.36. The zero-order valence-electron chi connectivity index (χ0n) is 16.6. The SMILES string of the molecule is NC(=O)c1csc(SCCCCNC[C@H]2CN(Cc3ccc(Cl)c(Cl)c3)CCO2)n1. The third kappa shape index (κ3) is 7.67. The molecule has 1 saturated heterocycles. The summed E-state index contributed by atoms with van der Waals surface area (Å²) in [5.74, 6) is 0.507. The zero-order valence-corrected chi connectivity index (χ0v) is 19.8. The maximum atomic E-state index is 11.1. The number of benzene rings is 1. The number of thioether (sulfide) groups is 1. The number of nitrogens with zero attached hydrogens (tertiary/aromatic N) is 2. The fraction of sp³-hybridized carbons (Fsp3) is 0.500.